The summed E-state index contributed by atoms with van der Waals surface area (Å²) < 4.78 is 68.3. The van der Waals surface area contributed by atoms with E-state index in [9.17, 15) is 43.2 Å². The van der Waals surface area contributed by atoms with Gasteiger partial charge in [-0.3, -0.25) is 37.3 Å². The molecule has 0 aliphatic heterocycles. The summed E-state index contributed by atoms with van der Waals surface area (Å²) in [6.07, 6.45) is 52.7. The van der Waals surface area contributed by atoms with Crippen molar-refractivity contribution in [2.24, 2.45) is 5.92 Å². The number of ether oxygens (including phenoxy) is 4. The van der Waals surface area contributed by atoms with Crippen LogP contribution in [0.25, 0.3) is 0 Å². The molecule has 3 N–H and O–H groups in total. The fourth-order valence-electron chi connectivity index (χ4n) is 11.0. The molecule has 0 radical (unpaired) electrons. The van der Waals surface area contributed by atoms with E-state index in [0.717, 1.165) is 95.8 Å². The molecule has 5 atom stereocenters. The van der Waals surface area contributed by atoms with Gasteiger partial charge < -0.3 is 33.8 Å². The Morgan fingerprint density at radius 2 is 0.505 bits per heavy atom. The smallest absolute Gasteiger partial charge is 0.462 e. The van der Waals surface area contributed by atoms with Crippen LogP contribution in [0.4, 0.5) is 0 Å². The maximum absolute atomic E-state index is 13.0. The van der Waals surface area contributed by atoms with Gasteiger partial charge in [-0.05, 0) is 31.6 Å². The fraction of sp³-hybridized carbons (Fsp3) is 0.944. The minimum atomic E-state index is -4.95. The molecule has 0 rings (SSSR count). The monoisotopic (exact) mass is 1340 g/mol. The summed E-state index contributed by atoms with van der Waals surface area (Å²) in [6, 6.07) is 0. The Bertz CT molecular complexity index is 1750. The Morgan fingerprint density at radius 1 is 0.297 bits per heavy atom. The number of unbranched alkanes of at least 4 members (excludes halogenated alkanes) is 44. The molecule has 0 aromatic carbocycles. The predicted molar refractivity (Wildman–Crippen MR) is 368 cm³/mol. The van der Waals surface area contributed by atoms with Crippen molar-refractivity contribution in [1.82, 2.24) is 0 Å². The van der Waals surface area contributed by atoms with Crippen molar-refractivity contribution in [2.45, 2.75) is 393 Å². The van der Waals surface area contributed by atoms with E-state index in [4.69, 9.17) is 37.0 Å². The molecule has 17 nitrogen and oxygen atoms in total. The average molecular weight is 1340 g/mol. The summed E-state index contributed by atoms with van der Waals surface area (Å²) in [5.74, 6) is -1.30. The molecule has 0 spiro atoms. The molecule has 19 heteroatoms. The number of hydrogen-bond acceptors (Lipinski definition) is 15. The first-order valence-electron chi connectivity index (χ1n) is 37.6. The number of aliphatic hydroxyl groups excluding tert-OH is 1. The highest BCUT2D eigenvalue weighted by molar-refractivity contribution is 7.47. The van der Waals surface area contributed by atoms with Gasteiger partial charge in [-0.25, -0.2) is 9.13 Å². The van der Waals surface area contributed by atoms with Crippen LogP contribution >= 0.6 is 15.6 Å². The van der Waals surface area contributed by atoms with Gasteiger partial charge >= 0.3 is 39.5 Å². The zero-order chi connectivity index (χ0) is 67.0. The van der Waals surface area contributed by atoms with Crippen molar-refractivity contribution in [1.29, 1.82) is 0 Å². The van der Waals surface area contributed by atoms with Gasteiger partial charge in [0, 0.05) is 25.7 Å². The predicted octanol–water partition coefficient (Wildman–Crippen LogP) is 20.9. The summed E-state index contributed by atoms with van der Waals surface area (Å²) in [5, 5.41) is 10.6. The van der Waals surface area contributed by atoms with E-state index in [0.29, 0.717) is 25.7 Å². The summed E-state index contributed by atoms with van der Waals surface area (Å²) >= 11 is 0. The Kier molecular flexibility index (Phi) is 64.0. The zero-order valence-corrected chi connectivity index (χ0v) is 60.8. The Balaban J connectivity index is 5.14. The van der Waals surface area contributed by atoms with Gasteiger partial charge in [0.15, 0.2) is 12.2 Å². The van der Waals surface area contributed by atoms with Crippen LogP contribution < -0.4 is 0 Å². The Morgan fingerprint density at radius 3 is 0.747 bits per heavy atom. The van der Waals surface area contributed by atoms with Crippen LogP contribution in [0.1, 0.15) is 375 Å². The topological polar surface area (TPSA) is 237 Å². The molecule has 0 heterocycles. The maximum atomic E-state index is 13.0. The van der Waals surface area contributed by atoms with Crippen molar-refractivity contribution < 1.29 is 80.2 Å². The summed E-state index contributed by atoms with van der Waals surface area (Å²) in [7, 11) is -9.90. The lowest BCUT2D eigenvalue weighted by Crippen LogP contribution is -2.30. The number of esters is 4. The van der Waals surface area contributed by atoms with E-state index < -0.39 is 97.5 Å². The number of hydrogen-bond donors (Lipinski definition) is 3. The van der Waals surface area contributed by atoms with Gasteiger partial charge in [0.1, 0.15) is 19.3 Å². The first-order chi connectivity index (χ1) is 44.0. The second kappa shape index (κ2) is 65.4. The summed E-state index contributed by atoms with van der Waals surface area (Å²) in [6.45, 7) is 7.27. The quantitative estimate of drug-likeness (QED) is 0.0222. The SMILES string of the molecule is CCCCCCCCCCCCC(=O)OC[C@H](COP(=O)(O)OC[C@H](O)COP(=O)(O)OC[C@@H](COC(=O)CCCCCCCCCCCC)OC(=O)CCCCCCCCCCCCCCCCCCCCC(C)C)OC(=O)CCCCCCCCCCCC. The number of rotatable bonds is 72. The molecule has 540 valence electrons. The van der Waals surface area contributed by atoms with E-state index in [2.05, 4.69) is 34.6 Å². The van der Waals surface area contributed by atoms with Crippen LogP contribution in [0.5, 0.6) is 0 Å². The van der Waals surface area contributed by atoms with Crippen LogP contribution in [0.3, 0.4) is 0 Å². The third kappa shape index (κ3) is 66.5. The molecule has 0 aliphatic carbocycles. The highest BCUT2D eigenvalue weighted by Crippen LogP contribution is 2.45. The number of carbonyl (C=O) groups excluding carboxylic acids is 4. The van der Waals surface area contributed by atoms with Gasteiger partial charge in [-0.1, -0.05) is 324 Å². The number of aliphatic hydroxyl groups is 1. The highest BCUT2D eigenvalue weighted by atomic mass is 31.2. The number of carbonyl (C=O) groups is 4. The van der Waals surface area contributed by atoms with Crippen molar-refractivity contribution in [3.05, 3.63) is 0 Å². The molecule has 0 amide bonds. The molecule has 0 saturated heterocycles. The molecule has 0 saturated carbocycles. The van der Waals surface area contributed by atoms with Crippen LogP contribution in [0.2, 0.25) is 0 Å². The van der Waals surface area contributed by atoms with E-state index >= 15 is 0 Å². The number of phosphoric acid groups is 2. The molecule has 0 bridgehead atoms. The van der Waals surface area contributed by atoms with Crippen molar-refractivity contribution in [3.8, 4) is 0 Å². The summed E-state index contributed by atoms with van der Waals surface area (Å²) in [4.78, 5) is 72.5. The molecule has 2 unspecified atom stereocenters. The molecule has 0 aromatic rings. The zero-order valence-electron chi connectivity index (χ0n) is 59.0. The highest BCUT2D eigenvalue weighted by Gasteiger charge is 2.30. The second-order valence-electron chi connectivity index (χ2n) is 26.5. The van der Waals surface area contributed by atoms with E-state index in [1.807, 2.05) is 0 Å². The molecular weight excluding hydrogens is 1200 g/mol. The van der Waals surface area contributed by atoms with Gasteiger partial charge in [0.2, 0.25) is 0 Å². The summed E-state index contributed by atoms with van der Waals surface area (Å²) in [5.41, 5.74) is 0. The normalized spacial score (nSPS) is 14.0. The lowest BCUT2D eigenvalue weighted by molar-refractivity contribution is -0.161. The lowest BCUT2D eigenvalue weighted by atomic mass is 10.0. The molecular formula is C72H140O17P2. The lowest BCUT2D eigenvalue weighted by Gasteiger charge is -2.21. The van der Waals surface area contributed by atoms with Crippen molar-refractivity contribution in [2.75, 3.05) is 39.6 Å². The third-order valence-corrected chi connectivity index (χ3v) is 18.7. The largest absolute Gasteiger partial charge is 0.472 e. The molecule has 0 aromatic heterocycles. The molecule has 91 heavy (non-hydrogen) atoms. The average Bonchev–Trinajstić information content (AvgIpc) is 3.45. The first kappa shape index (κ1) is 89.1. The van der Waals surface area contributed by atoms with Gasteiger partial charge in [-0.15, -0.1) is 0 Å². The van der Waals surface area contributed by atoms with Crippen molar-refractivity contribution in [3.63, 3.8) is 0 Å². The van der Waals surface area contributed by atoms with E-state index in [1.165, 1.54) is 199 Å². The third-order valence-electron chi connectivity index (χ3n) is 16.8. The molecule has 0 fully saturated rings. The molecule has 0 aliphatic rings. The van der Waals surface area contributed by atoms with E-state index in [-0.39, 0.29) is 25.7 Å². The van der Waals surface area contributed by atoms with E-state index in [1.54, 1.807) is 0 Å². The Labute approximate surface area is 556 Å². The van der Waals surface area contributed by atoms with Crippen LogP contribution in [0, 0.1) is 5.92 Å². The van der Waals surface area contributed by atoms with Crippen LogP contribution in [-0.4, -0.2) is 96.7 Å². The van der Waals surface area contributed by atoms with Crippen LogP contribution in [0.15, 0.2) is 0 Å². The van der Waals surface area contributed by atoms with Gasteiger partial charge in [-0.2, -0.15) is 0 Å². The second-order valence-corrected chi connectivity index (χ2v) is 29.4. The van der Waals surface area contributed by atoms with Crippen LogP contribution in [-0.2, 0) is 65.4 Å². The maximum Gasteiger partial charge on any atom is 0.472 e. The standard InChI is InChI=1S/C72H140O17P2/c1-6-9-12-15-18-21-35-40-45-50-55-69(74)82-61-67(88-71(76)57-52-47-42-37-23-20-17-14-11-8-3)63-86-90(78,79)84-59-66(73)60-85-91(80,81)87-64-68(62-83-70(75)56-51-46-41-36-22-19-16-13-10-7-2)89-72(77)58-53-48-43-38-33-31-29-27-25-24-26-28-30-32-34-39-44-49-54-65(4)5/h65-68,73H,6-64H2,1-5H3,(H,78,79)(H,80,81)/t66-,67+,68+/m0/s1. The Hall–Kier alpha value is -1.94. The first-order valence-corrected chi connectivity index (χ1v) is 40.6. The fourth-order valence-corrected chi connectivity index (χ4v) is 12.6. The van der Waals surface area contributed by atoms with Gasteiger partial charge in [0.25, 0.3) is 0 Å². The minimum Gasteiger partial charge on any atom is -0.462 e. The van der Waals surface area contributed by atoms with Gasteiger partial charge in [0.05, 0.1) is 26.4 Å². The number of phosphoric ester groups is 2. The van der Waals surface area contributed by atoms with Crippen molar-refractivity contribution >= 4 is 39.5 Å². The minimum absolute atomic E-state index is 0.107.